The molecule has 4 nitrogen and oxygen atoms in total. The quantitative estimate of drug-likeness (QED) is 0.766. The third kappa shape index (κ3) is 3.21. The predicted molar refractivity (Wildman–Crippen MR) is 98.1 cm³/mol. The Morgan fingerprint density at radius 2 is 1.88 bits per heavy atom. The summed E-state index contributed by atoms with van der Waals surface area (Å²) < 4.78 is 16.6. The SMILES string of the molecule is COC1CCN(CC[Si]2(c3ccc4c(c3)OCO4)CCCC2)CC1. The summed E-state index contributed by atoms with van der Waals surface area (Å²) in [6, 6.07) is 11.1. The molecule has 0 atom stereocenters. The molecule has 0 aromatic heterocycles. The van der Waals surface area contributed by atoms with Gasteiger partial charge in [-0.15, -0.1) is 0 Å². The van der Waals surface area contributed by atoms with E-state index in [1.54, 1.807) is 5.19 Å². The summed E-state index contributed by atoms with van der Waals surface area (Å²) in [5, 5.41) is 1.59. The second-order valence-corrected chi connectivity index (χ2v) is 12.2. The monoisotopic (exact) mass is 347 g/mol. The Morgan fingerprint density at radius 3 is 2.62 bits per heavy atom. The second-order valence-electron chi connectivity index (χ2n) is 7.58. The van der Waals surface area contributed by atoms with Gasteiger partial charge in [0.15, 0.2) is 11.5 Å². The highest BCUT2D eigenvalue weighted by Crippen LogP contribution is 2.37. The maximum Gasteiger partial charge on any atom is 0.231 e. The van der Waals surface area contributed by atoms with Gasteiger partial charge in [0.1, 0.15) is 0 Å². The first kappa shape index (κ1) is 16.4. The zero-order valence-electron chi connectivity index (χ0n) is 14.8. The van der Waals surface area contributed by atoms with Crippen molar-refractivity contribution in [2.45, 2.75) is 49.9 Å². The van der Waals surface area contributed by atoms with E-state index in [4.69, 9.17) is 14.2 Å². The molecule has 3 aliphatic heterocycles. The molecule has 3 aliphatic rings. The molecule has 0 unspecified atom stereocenters. The van der Waals surface area contributed by atoms with Crippen molar-refractivity contribution in [2.75, 3.05) is 33.5 Å². The lowest BCUT2D eigenvalue weighted by atomic mass is 10.1. The number of ether oxygens (including phenoxy) is 3. The van der Waals surface area contributed by atoms with E-state index in [0.29, 0.717) is 12.9 Å². The fourth-order valence-electron chi connectivity index (χ4n) is 4.70. The summed E-state index contributed by atoms with van der Waals surface area (Å²) in [5.41, 5.74) is 0. The normalized spacial score (nSPS) is 23.7. The average Bonchev–Trinajstić information content (AvgIpc) is 3.29. The first-order chi connectivity index (χ1) is 11.8. The van der Waals surface area contributed by atoms with Gasteiger partial charge >= 0.3 is 0 Å². The second kappa shape index (κ2) is 7.06. The Balaban J connectivity index is 1.44. The molecule has 0 bridgehead atoms. The van der Waals surface area contributed by atoms with Gasteiger partial charge in [-0.05, 0) is 37.6 Å². The average molecular weight is 348 g/mol. The highest BCUT2D eigenvalue weighted by Gasteiger charge is 2.39. The van der Waals surface area contributed by atoms with Crippen molar-refractivity contribution in [2.24, 2.45) is 0 Å². The van der Waals surface area contributed by atoms with Gasteiger partial charge in [-0.25, -0.2) is 0 Å². The van der Waals surface area contributed by atoms with Crippen LogP contribution in [0.15, 0.2) is 18.2 Å². The van der Waals surface area contributed by atoms with Crippen LogP contribution in [0, 0.1) is 0 Å². The summed E-state index contributed by atoms with van der Waals surface area (Å²) >= 11 is 0. The minimum atomic E-state index is -1.37. The third-order valence-corrected chi connectivity index (χ3v) is 11.7. The lowest BCUT2D eigenvalue weighted by molar-refractivity contribution is 0.0426. The van der Waals surface area contributed by atoms with E-state index in [1.165, 1.54) is 63.4 Å². The third-order valence-electron chi connectivity index (χ3n) is 6.32. The van der Waals surface area contributed by atoms with E-state index >= 15 is 0 Å². The summed E-state index contributed by atoms with van der Waals surface area (Å²) in [5.74, 6) is 1.88. The van der Waals surface area contributed by atoms with Gasteiger partial charge in [0.25, 0.3) is 0 Å². The van der Waals surface area contributed by atoms with Crippen LogP contribution in [0.3, 0.4) is 0 Å². The number of likely N-dealkylation sites (tertiary alicyclic amines) is 1. The Labute approximate surface area is 146 Å². The van der Waals surface area contributed by atoms with Crippen LogP contribution in [-0.4, -0.2) is 52.6 Å². The predicted octanol–water partition coefficient (Wildman–Crippen LogP) is 2.98. The molecule has 132 valence electrons. The van der Waals surface area contributed by atoms with Gasteiger partial charge in [0.2, 0.25) is 6.79 Å². The van der Waals surface area contributed by atoms with E-state index in [0.717, 1.165) is 11.5 Å². The number of rotatable bonds is 5. The van der Waals surface area contributed by atoms with Crippen LogP contribution < -0.4 is 14.7 Å². The van der Waals surface area contributed by atoms with Crippen molar-refractivity contribution in [3.05, 3.63) is 18.2 Å². The van der Waals surface area contributed by atoms with Crippen LogP contribution in [0.1, 0.15) is 25.7 Å². The van der Waals surface area contributed by atoms with E-state index in [1.807, 2.05) is 7.11 Å². The van der Waals surface area contributed by atoms with Crippen LogP contribution in [0.4, 0.5) is 0 Å². The molecule has 1 aromatic rings. The number of hydrogen-bond donors (Lipinski definition) is 0. The molecule has 2 fully saturated rings. The van der Waals surface area contributed by atoms with Crippen LogP contribution >= 0.6 is 0 Å². The maximum atomic E-state index is 5.64. The number of methoxy groups -OCH3 is 1. The minimum absolute atomic E-state index is 0.377. The van der Waals surface area contributed by atoms with Gasteiger partial charge in [0.05, 0.1) is 14.2 Å². The Kier molecular flexibility index (Phi) is 4.83. The van der Waals surface area contributed by atoms with Crippen molar-refractivity contribution < 1.29 is 14.2 Å². The van der Waals surface area contributed by atoms with Gasteiger partial charge in [0, 0.05) is 20.2 Å². The standard InChI is InChI=1S/C19H29NO3Si/c1-21-16-6-8-20(9-7-16)10-13-24(11-2-3-12-24)17-4-5-18-19(14-17)23-15-22-18/h4-5,14,16H,2-3,6-13,15H2,1H3. The summed E-state index contributed by atoms with van der Waals surface area (Å²) in [6.45, 7) is 4.03. The van der Waals surface area contributed by atoms with Crippen molar-refractivity contribution in [3.8, 4) is 11.5 Å². The van der Waals surface area contributed by atoms with E-state index in [-0.39, 0.29) is 0 Å². The maximum absolute atomic E-state index is 5.64. The highest BCUT2D eigenvalue weighted by atomic mass is 28.3. The lowest BCUT2D eigenvalue weighted by Crippen LogP contribution is -2.48. The van der Waals surface area contributed by atoms with Crippen molar-refractivity contribution >= 4 is 13.3 Å². The Morgan fingerprint density at radius 1 is 1.12 bits per heavy atom. The molecular weight excluding hydrogens is 318 g/mol. The van der Waals surface area contributed by atoms with Gasteiger partial charge in [-0.2, -0.15) is 0 Å². The van der Waals surface area contributed by atoms with Gasteiger partial charge in [-0.1, -0.05) is 36.2 Å². The number of fused-ring (bicyclic) bond motifs is 1. The number of nitrogens with zero attached hydrogens (tertiary/aromatic N) is 1. The van der Waals surface area contributed by atoms with Crippen LogP contribution in [-0.2, 0) is 4.74 Å². The van der Waals surface area contributed by atoms with Crippen LogP contribution in [0.2, 0.25) is 18.1 Å². The zero-order valence-corrected chi connectivity index (χ0v) is 15.8. The molecule has 3 heterocycles. The molecular formula is C19H29NO3Si. The zero-order chi connectivity index (χ0) is 16.4. The van der Waals surface area contributed by atoms with Crippen molar-refractivity contribution in [1.29, 1.82) is 0 Å². The highest BCUT2D eigenvalue weighted by molar-refractivity contribution is 6.92. The topological polar surface area (TPSA) is 30.9 Å². The van der Waals surface area contributed by atoms with Gasteiger partial charge < -0.3 is 19.1 Å². The Bertz CT molecular complexity index is 566. The molecule has 0 amide bonds. The van der Waals surface area contributed by atoms with Crippen molar-refractivity contribution in [3.63, 3.8) is 0 Å². The molecule has 4 rings (SSSR count). The fraction of sp³-hybridized carbons (Fsp3) is 0.684. The summed E-state index contributed by atoms with van der Waals surface area (Å²) in [6.07, 6.45) is 5.68. The van der Waals surface area contributed by atoms with E-state index < -0.39 is 8.07 Å². The molecule has 2 saturated heterocycles. The molecule has 24 heavy (non-hydrogen) atoms. The van der Waals surface area contributed by atoms with E-state index in [2.05, 4.69) is 23.1 Å². The van der Waals surface area contributed by atoms with Crippen LogP contribution in [0.5, 0.6) is 11.5 Å². The number of benzene rings is 1. The first-order valence-corrected chi connectivity index (χ1v) is 12.1. The van der Waals surface area contributed by atoms with E-state index in [9.17, 15) is 0 Å². The molecule has 1 aromatic carbocycles. The summed E-state index contributed by atoms with van der Waals surface area (Å²) in [4.78, 5) is 2.66. The first-order valence-electron chi connectivity index (χ1n) is 9.44. The van der Waals surface area contributed by atoms with Crippen LogP contribution in [0.25, 0.3) is 0 Å². The molecule has 0 saturated carbocycles. The fourth-order valence-corrected chi connectivity index (χ4v) is 9.79. The minimum Gasteiger partial charge on any atom is -0.454 e. The molecule has 0 spiro atoms. The Hall–Kier alpha value is -1.04. The molecule has 0 radical (unpaired) electrons. The lowest BCUT2D eigenvalue weighted by Gasteiger charge is -2.35. The smallest absolute Gasteiger partial charge is 0.231 e. The summed E-state index contributed by atoms with van der Waals surface area (Å²) in [7, 11) is 0.479. The van der Waals surface area contributed by atoms with Crippen molar-refractivity contribution in [1.82, 2.24) is 4.90 Å². The molecule has 0 N–H and O–H groups in total. The number of hydrogen-bond acceptors (Lipinski definition) is 4. The number of piperidine rings is 1. The molecule has 5 heteroatoms. The molecule has 0 aliphatic carbocycles. The largest absolute Gasteiger partial charge is 0.454 e. The van der Waals surface area contributed by atoms with Gasteiger partial charge in [-0.3, -0.25) is 0 Å².